The summed E-state index contributed by atoms with van der Waals surface area (Å²) in [5.41, 5.74) is 2.02. The first-order valence-corrected chi connectivity index (χ1v) is 6.36. The van der Waals surface area contributed by atoms with E-state index < -0.39 is 0 Å². The van der Waals surface area contributed by atoms with Gasteiger partial charge in [-0.3, -0.25) is 0 Å². The molecule has 3 heteroatoms. The van der Waals surface area contributed by atoms with Gasteiger partial charge in [0.15, 0.2) is 11.5 Å². The van der Waals surface area contributed by atoms with E-state index in [2.05, 4.69) is 6.92 Å². The lowest BCUT2D eigenvalue weighted by Crippen LogP contribution is -1.98. The summed E-state index contributed by atoms with van der Waals surface area (Å²) in [4.78, 5) is 0. The van der Waals surface area contributed by atoms with Gasteiger partial charge in [-0.2, -0.15) is 0 Å². The normalized spacial score (nSPS) is 11.4. The Labute approximate surface area is 109 Å². The van der Waals surface area contributed by atoms with Gasteiger partial charge in [-0.25, -0.2) is 0 Å². The van der Waals surface area contributed by atoms with Crippen LogP contribution in [-0.2, 0) is 0 Å². The summed E-state index contributed by atoms with van der Waals surface area (Å²) in [5, 5.41) is 9.17. The predicted molar refractivity (Wildman–Crippen MR) is 74.1 cm³/mol. The van der Waals surface area contributed by atoms with Gasteiger partial charge < -0.3 is 14.6 Å². The molecular weight excluding hydrogens is 228 g/mol. The Morgan fingerprint density at radius 3 is 2.61 bits per heavy atom. The van der Waals surface area contributed by atoms with E-state index in [1.807, 2.05) is 31.2 Å². The largest absolute Gasteiger partial charge is 0.493 e. The van der Waals surface area contributed by atoms with Crippen molar-refractivity contribution in [3.05, 3.63) is 29.3 Å². The smallest absolute Gasteiger partial charge is 0.161 e. The van der Waals surface area contributed by atoms with Crippen molar-refractivity contribution in [3.63, 3.8) is 0 Å². The lowest BCUT2D eigenvalue weighted by molar-refractivity contribution is 0.294. The van der Waals surface area contributed by atoms with E-state index in [0.29, 0.717) is 6.61 Å². The molecule has 3 nitrogen and oxygen atoms in total. The minimum atomic E-state index is 0.0910. The van der Waals surface area contributed by atoms with Gasteiger partial charge in [0.2, 0.25) is 0 Å². The number of hydrogen-bond acceptors (Lipinski definition) is 3. The minimum Gasteiger partial charge on any atom is -0.493 e. The highest BCUT2D eigenvalue weighted by atomic mass is 16.5. The second kappa shape index (κ2) is 7.77. The molecule has 0 saturated carbocycles. The maximum Gasteiger partial charge on any atom is 0.161 e. The van der Waals surface area contributed by atoms with Gasteiger partial charge in [0.25, 0.3) is 0 Å². The van der Waals surface area contributed by atoms with Crippen LogP contribution < -0.4 is 9.47 Å². The molecule has 1 N–H and O–H groups in total. The van der Waals surface area contributed by atoms with Crippen LogP contribution in [0.2, 0.25) is 0 Å². The fraction of sp³-hybridized carbons (Fsp3) is 0.467. The highest BCUT2D eigenvalue weighted by Gasteiger charge is 2.05. The van der Waals surface area contributed by atoms with Gasteiger partial charge in [-0.1, -0.05) is 26.0 Å². The van der Waals surface area contributed by atoms with Gasteiger partial charge in [-0.15, -0.1) is 0 Å². The molecule has 0 fully saturated rings. The second-order valence-corrected chi connectivity index (χ2v) is 4.07. The average molecular weight is 250 g/mol. The van der Waals surface area contributed by atoms with E-state index in [1.165, 1.54) is 0 Å². The fourth-order valence-electron chi connectivity index (χ4n) is 1.60. The maximum absolute atomic E-state index is 9.17. The molecule has 1 aromatic carbocycles. The summed E-state index contributed by atoms with van der Waals surface area (Å²) in [6, 6.07) is 5.80. The SMILES string of the molecule is CCCOc1cc(C=C(CC)CO)ccc1OC. The summed E-state index contributed by atoms with van der Waals surface area (Å²) in [7, 11) is 1.63. The van der Waals surface area contributed by atoms with Crippen molar-refractivity contribution in [2.45, 2.75) is 26.7 Å². The molecule has 0 aromatic heterocycles. The third-order valence-corrected chi connectivity index (χ3v) is 2.68. The molecule has 0 aliphatic heterocycles. The Morgan fingerprint density at radius 2 is 2.06 bits per heavy atom. The number of aliphatic hydroxyl groups is 1. The molecule has 18 heavy (non-hydrogen) atoms. The Bertz CT molecular complexity index is 391. The highest BCUT2D eigenvalue weighted by molar-refractivity contribution is 5.58. The van der Waals surface area contributed by atoms with Crippen LogP contribution in [0, 0.1) is 0 Å². The van der Waals surface area contributed by atoms with Crippen LogP contribution in [0.25, 0.3) is 6.08 Å². The molecule has 0 saturated heterocycles. The molecule has 0 amide bonds. The number of hydrogen-bond donors (Lipinski definition) is 1. The van der Waals surface area contributed by atoms with E-state index >= 15 is 0 Å². The van der Waals surface area contributed by atoms with Gasteiger partial charge in [-0.05, 0) is 36.1 Å². The zero-order valence-electron chi connectivity index (χ0n) is 11.4. The summed E-state index contributed by atoms with van der Waals surface area (Å²) in [6.45, 7) is 4.86. The van der Waals surface area contributed by atoms with Crippen LogP contribution in [0.1, 0.15) is 32.3 Å². The highest BCUT2D eigenvalue weighted by Crippen LogP contribution is 2.29. The number of aliphatic hydroxyl groups excluding tert-OH is 1. The molecule has 1 aromatic rings. The fourth-order valence-corrected chi connectivity index (χ4v) is 1.60. The molecule has 0 radical (unpaired) electrons. The summed E-state index contributed by atoms with van der Waals surface area (Å²) in [5.74, 6) is 1.49. The molecule has 0 unspecified atom stereocenters. The first kappa shape index (κ1) is 14.6. The van der Waals surface area contributed by atoms with Crippen LogP contribution in [0.4, 0.5) is 0 Å². The molecule has 0 bridgehead atoms. The van der Waals surface area contributed by atoms with E-state index in [1.54, 1.807) is 7.11 Å². The molecule has 0 aliphatic rings. The maximum atomic E-state index is 9.17. The molecule has 0 aliphatic carbocycles. The van der Waals surface area contributed by atoms with Crippen LogP contribution in [0.5, 0.6) is 11.5 Å². The van der Waals surface area contributed by atoms with Crippen molar-refractivity contribution in [1.82, 2.24) is 0 Å². The third kappa shape index (κ3) is 4.08. The summed E-state index contributed by atoms with van der Waals surface area (Å²) in [6.07, 6.45) is 3.78. The summed E-state index contributed by atoms with van der Waals surface area (Å²) < 4.78 is 10.9. The standard InChI is InChI=1S/C15H22O3/c1-4-8-18-15-10-13(6-7-14(15)17-3)9-12(5-2)11-16/h6-7,9-10,16H,4-5,8,11H2,1-3H3. The van der Waals surface area contributed by atoms with Gasteiger partial charge in [0.1, 0.15) is 0 Å². The molecule has 0 heterocycles. The molecule has 0 spiro atoms. The Hall–Kier alpha value is -1.48. The number of rotatable bonds is 7. The van der Waals surface area contributed by atoms with Crippen molar-refractivity contribution < 1.29 is 14.6 Å². The number of benzene rings is 1. The van der Waals surface area contributed by atoms with E-state index in [0.717, 1.165) is 35.5 Å². The molecule has 100 valence electrons. The predicted octanol–water partition coefficient (Wildman–Crippen LogP) is 3.27. The quantitative estimate of drug-likeness (QED) is 0.807. The molecule has 0 atom stereocenters. The summed E-state index contributed by atoms with van der Waals surface area (Å²) >= 11 is 0. The van der Waals surface area contributed by atoms with Crippen molar-refractivity contribution in [1.29, 1.82) is 0 Å². The first-order valence-electron chi connectivity index (χ1n) is 6.36. The van der Waals surface area contributed by atoms with Crippen LogP contribution in [0.15, 0.2) is 23.8 Å². The van der Waals surface area contributed by atoms with Crippen molar-refractivity contribution in [3.8, 4) is 11.5 Å². The van der Waals surface area contributed by atoms with Gasteiger partial charge >= 0.3 is 0 Å². The third-order valence-electron chi connectivity index (χ3n) is 2.68. The molecule has 1 rings (SSSR count). The van der Waals surface area contributed by atoms with Crippen molar-refractivity contribution >= 4 is 6.08 Å². The monoisotopic (exact) mass is 250 g/mol. The van der Waals surface area contributed by atoms with E-state index in [4.69, 9.17) is 9.47 Å². The van der Waals surface area contributed by atoms with Crippen LogP contribution >= 0.6 is 0 Å². The Balaban J connectivity index is 2.98. The van der Waals surface area contributed by atoms with E-state index in [-0.39, 0.29) is 6.61 Å². The van der Waals surface area contributed by atoms with E-state index in [9.17, 15) is 5.11 Å². The first-order chi connectivity index (χ1) is 8.74. The Morgan fingerprint density at radius 1 is 1.28 bits per heavy atom. The second-order valence-electron chi connectivity index (χ2n) is 4.07. The average Bonchev–Trinajstić information content (AvgIpc) is 2.42. The minimum absolute atomic E-state index is 0.0910. The number of ether oxygens (including phenoxy) is 2. The molecular formula is C15H22O3. The lowest BCUT2D eigenvalue weighted by atomic mass is 10.1. The Kier molecular flexibility index (Phi) is 6.29. The van der Waals surface area contributed by atoms with Crippen LogP contribution in [0.3, 0.4) is 0 Å². The van der Waals surface area contributed by atoms with Gasteiger partial charge in [0, 0.05) is 0 Å². The van der Waals surface area contributed by atoms with Gasteiger partial charge in [0.05, 0.1) is 20.3 Å². The van der Waals surface area contributed by atoms with Crippen LogP contribution in [-0.4, -0.2) is 25.4 Å². The van der Waals surface area contributed by atoms with Crippen molar-refractivity contribution in [2.24, 2.45) is 0 Å². The van der Waals surface area contributed by atoms with Crippen molar-refractivity contribution in [2.75, 3.05) is 20.3 Å². The topological polar surface area (TPSA) is 38.7 Å². The lowest BCUT2D eigenvalue weighted by Gasteiger charge is -2.11. The zero-order chi connectivity index (χ0) is 13.4. The zero-order valence-corrected chi connectivity index (χ0v) is 11.4. The number of methoxy groups -OCH3 is 1.